The molecule has 1 aliphatic rings. The Balaban J connectivity index is 1.86. The molecule has 0 aliphatic carbocycles. The van der Waals surface area contributed by atoms with Crippen LogP contribution in [-0.2, 0) is 12.0 Å². The number of hydrogen-bond acceptors (Lipinski definition) is 2. The third-order valence-electron chi connectivity index (χ3n) is 4.54. The molecule has 0 amide bonds. The van der Waals surface area contributed by atoms with Gasteiger partial charge in [0.1, 0.15) is 11.4 Å². The van der Waals surface area contributed by atoms with Gasteiger partial charge in [-0.25, -0.2) is 4.39 Å². The largest absolute Gasteiger partial charge is 0.368 e. The second kappa shape index (κ2) is 5.60. The Morgan fingerprint density at radius 1 is 0.875 bits per heavy atom. The summed E-state index contributed by atoms with van der Waals surface area (Å²) in [4.78, 5) is 13.2. The van der Waals surface area contributed by atoms with Crippen molar-refractivity contribution in [1.82, 2.24) is 0 Å². The third-order valence-corrected chi connectivity index (χ3v) is 4.54. The molecule has 3 aromatic rings. The Hall–Kier alpha value is -2.94. The molecular formula is C21H16FNO. The lowest BCUT2D eigenvalue weighted by Gasteiger charge is -2.29. The number of benzene rings is 3. The Morgan fingerprint density at radius 2 is 1.54 bits per heavy atom. The van der Waals surface area contributed by atoms with Crippen molar-refractivity contribution in [3.8, 4) is 0 Å². The highest BCUT2D eigenvalue weighted by atomic mass is 19.1. The van der Waals surface area contributed by atoms with Crippen molar-refractivity contribution in [2.75, 3.05) is 5.32 Å². The summed E-state index contributed by atoms with van der Waals surface area (Å²) in [6.45, 7) is 0. The first kappa shape index (κ1) is 14.6. The minimum Gasteiger partial charge on any atom is -0.368 e. The maximum absolute atomic E-state index is 13.6. The van der Waals surface area contributed by atoms with E-state index >= 15 is 0 Å². The number of carbonyl (C=O) groups is 1. The molecule has 1 atom stereocenters. The predicted octanol–water partition coefficient (Wildman–Crippen LogP) is 4.57. The van der Waals surface area contributed by atoms with E-state index in [4.69, 9.17) is 0 Å². The smallest absolute Gasteiger partial charge is 0.195 e. The number of ketones is 1. The van der Waals surface area contributed by atoms with Crippen LogP contribution in [0.2, 0.25) is 0 Å². The summed E-state index contributed by atoms with van der Waals surface area (Å²) >= 11 is 0. The summed E-state index contributed by atoms with van der Waals surface area (Å²) in [6.07, 6.45) is 0.507. The first-order valence-corrected chi connectivity index (χ1v) is 7.91. The van der Waals surface area contributed by atoms with Crippen molar-refractivity contribution in [2.45, 2.75) is 12.0 Å². The van der Waals surface area contributed by atoms with Gasteiger partial charge in [-0.15, -0.1) is 0 Å². The van der Waals surface area contributed by atoms with E-state index in [0.29, 0.717) is 17.7 Å². The van der Waals surface area contributed by atoms with Crippen molar-refractivity contribution in [3.63, 3.8) is 0 Å². The first-order valence-electron chi connectivity index (χ1n) is 7.91. The number of rotatable bonds is 3. The van der Waals surface area contributed by atoms with Crippen molar-refractivity contribution in [3.05, 3.63) is 101 Å². The van der Waals surface area contributed by atoms with Gasteiger partial charge in [0.25, 0.3) is 0 Å². The Labute approximate surface area is 140 Å². The van der Waals surface area contributed by atoms with Gasteiger partial charge in [0.05, 0.1) is 0 Å². The van der Waals surface area contributed by atoms with Crippen LogP contribution in [-0.4, -0.2) is 5.78 Å². The number of Topliss-reactive ketones (excluding diaryl/α,β-unsaturated/α-hetero) is 1. The monoisotopic (exact) mass is 317 g/mol. The second-order valence-electron chi connectivity index (χ2n) is 6.08. The van der Waals surface area contributed by atoms with E-state index in [0.717, 1.165) is 11.1 Å². The first-order chi connectivity index (χ1) is 11.7. The molecule has 0 radical (unpaired) electrons. The lowest BCUT2D eigenvalue weighted by molar-refractivity contribution is 0.0916. The number of fused-ring (bicyclic) bond motifs is 1. The molecule has 0 bridgehead atoms. The SMILES string of the molecule is O=C1c2cc(F)ccc2NC1(Cc1ccccc1)c1ccccc1. The fourth-order valence-corrected chi connectivity index (χ4v) is 3.38. The second-order valence-corrected chi connectivity index (χ2v) is 6.08. The maximum Gasteiger partial charge on any atom is 0.195 e. The van der Waals surface area contributed by atoms with Crippen LogP contribution in [0.3, 0.4) is 0 Å². The topological polar surface area (TPSA) is 29.1 Å². The lowest BCUT2D eigenvalue weighted by Crippen LogP contribution is -2.40. The molecule has 0 aromatic heterocycles. The molecule has 2 nitrogen and oxygen atoms in total. The summed E-state index contributed by atoms with van der Waals surface area (Å²) < 4.78 is 13.6. The van der Waals surface area contributed by atoms with Crippen LogP contribution in [0.5, 0.6) is 0 Å². The van der Waals surface area contributed by atoms with Crippen LogP contribution in [0.25, 0.3) is 0 Å². The van der Waals surface area contributed by atoms with Gasteiger partial charge < -0.3 is 5.32 Å². The van der Waals surface area contributed by atoms with Gasteiger partial charge in [0, 0.05) is 17.7 Å². The zero-order chi connectivity index (χ0) is 16.6. The molecule has 24 heavy (non-hydrogen) atoms. The van der Waals surface area contributed by atoms with E-state index in [1.165, 1.54) is 12.1 Å². The average Bonchev–Trinajstić information content (AvgIpc) is 2.90. The van der Waals surface area contributed by atoms with Gasteiger partial charge in [-0.1, -0.05) is 60.7 Å². The van der Waals surface area contributed by atoms with Gasteiger partial charge in [-0.3, -0.25) is 4.79 Å². The maximum atomic E-state index is 13.6. The highest BCUT2D eigenvalue weighted by Crippen LogP contribution is 2.41. The molecule has 0 fully saturated rings. The molecule has 0 saturated carbocycles. The zero-order valence-corrected chi connectivity index (χ0v) is 13.0. The molecule has 3 heteroatoms. The van der Waals surface area contributed by atoms with Crippen LogP contribution >= 0.6 is 0 Å². The summed E-state index contributed by atoms with van der Waals surface area (Å²) in [5.41, 5.74) is 2.13. The van der Waals surface area contributed by atoms with E-state index in [-0.39, 0.29) is 5.78 Å². The van der Waals surface area contributed by atoms with Gasteiger partial charge in [0.15, 0.2) is 5.78 Å². The number of hydrogen-bond donors (Lipinski definition) is 1. The average molecular weight is 317 g/mol. The van der Waals surface area contributed by atoms with Gasteiger partial charge in [-0.2, -0.15) is 0 Å². The van der Waals surface area contributed by atoms with Crippen molar-refractivity contribution >= 4 is 11.5 Å². The number of anilines is 1. The van der Waals surface area contributed by atoms with Gasteiger partial charge in [0.2, 0.25) is 0 Å². The Morgan fingerprint density at radius 3 is 2.25 bits per heavy atom. The number of halogens is 1. The van der Waals surface area contributed by atoms with Crippen LogP contribution in [0.15, 0.2) is 78.9 Å². The molecule has 1 aliphatic heterocycles. The summed E-state index contributed by atoms with van der Waals surface area (Å²) in [7, 11) is 0. The summed E-state index contributed by atoms with van der Waals surface area (Å²) in [5.74, 6) is -0.487. The molecule has 1 heterocycles. The molecule has 1 N–H and O–H groups in total. The third kappa shape index (κ3) is 2.29. The molecular weight excluding hydrogens is 301 g/mol. The van der Waals surface area contributed by atoms with Crippen LogP contribution < -0.4 is 5.32 Å². The van der Waals surface area contributed by atoms with Crippen LogP contribution in [0.1, 0.15) is 21.5 Å². The normalized spacial score (nSPS) is 19.0. The van der Waals surface area contributed by atoms with Crippen LogP contribution in [0, 0.1) is 5.82 Å². The summed E-state index contributed by atoms with van der Waals surface area (Å²) in [6, 6.07) is 23.8. The Kier molecular flexibility index (Phi) is 3.42. The molecule has 3 aromatic carbocycles. The van der Waals surface area contributed by atoms with Gasteiger partial charge >= 0.3 is 0 Å². The molecule has 0 spiro atoms. The molecule has 4 rings (SSSR count). The van der Waals surface area contributed by atoms with Crippen molar-refractivity contribution in [1.29, 1.82) is 0 Å². The van der Waals surface area contributed by atoms with E-state index in [1.807, 2.05) is 60.7 Å². The zero-order valence-electron chi connectivity index (χ0n) is 13.0. The van der Waals surface area contributed by atoms with E-state index in [9.17, 15) is 9.18 Å². The van der Waals surface area contributed by atoms with E-state index in [2.05, 4.69) is 5.32 Å². The van der Waals surface area contributed by atoms with E-state index < -0.39 is 11.4 Å². The lowest BCUT2D eigenvalue weighted by atomic mass is 9.80. The van der Waals surface area contributed by atoms with Gasteiger partial charge in [-0.05, 0) is 29.3 Å². The van der Waals surface area contributed by atoms with E-state index in [1.54, 1.807) is 6.07 Å². The highest BCUT2D eigenvalue weighted by molar-refractivity contribution is 6.13. The quantitative estimate of drug-likeness (QED) is 0.766. The Bertz CT molecular complexity index is 892. The fourth-order valence-electron chi connectivity index (χ4n) is 3.38. The van der Waals surface area contributed by atoms with Crippen molar-refractivity contribution in [2.24, 2.45) is 0 Å². The molecule has 1 unspecified atom stereocenters. The number of nitrogens with one attached hydrogen (secondary N) is 1. The fraction of sp³-hybridized carbons (Fsp3) is 0.0952. The minimum absolute atomic E-state index is 0.0907. The standard InChI is InChI=1S/C21H16FNO/c22-17-11-12-19-18(13-17)20(24)21(23-19,16-9-5-2-6-10-16)14-15-7-3-1-4-8-15/h1-13,23H,14H2. The molecule has 0 saturated heterocycles. The molecule has 118 valence electrons. The predicted molar refractivity (Wildman–Crippen MR) is 92.6 cm³/mol. The highest BCUT2D eigenvalue weighted by Gasteiger charge is 2.46. The minimum atomic E-state index is -0.904. The number of carbonyl (C=O) groups excluding carboxylic acids is 1. The van der Waals surface area contributed by atoms with Crippen molar-refractivity contribution < 1.29 is 9.18 Å². The summed E-state index contributed by atoms with van der Waals surface area (Å²) in [5, 5.41) is 3.37. The van der Waals surface area contributed by atoms with Crippen LogP contribution in [0.4, 0.5) is 10.1 Å².